The van der Waals surface area contributed by atoms with Crippen molar-refractivity contribution in [3.05, 3.63) is 65.2 Å². The molecule has 2 atom stereocenters. The molecular weight excluding hydrogens is 513 g/mol. The molecule has 12 heteroatoms. The summed E-state index contributed by atoms with van der Waals surface area (Å²) in [7, 11) is 0. The van der Waals surface area contributed by atoms with E-state index in [9.17, 15) is 32.3 Å². The number of ether oxygens (including phenoxy) is 1. The quantitative estimate of drug-likeness (QED) is 0.276. The van der Waals surface area contributed by atoms with Gasteiger partial charge in [-0.25, -0.2) is 31.7 Å². The van der Waals surface area contributed by atoms with E-state index in [2.05, 4.69) is 15.3 Å². The van der Waals surface area contributed by atoms with Crippen molar-refractivity contribution in [2.45, 2.75) is 63.0 Å². The maximum Gasteiger partial charge on any atom is 0.408 e. The Kier molecular flexibility index (Phi) is 8.17. The van der Waals surface area contributed by atoms with Crippen molar-refractivity contribution < 1.29 is 41.4 Å². The van der Waals surface area contributed by atoms with E-state index < -0.39 is 72.9 Å². The van der Waals surface area contributed by atoms with Crippen molar-refractivity contribution in [1.82, 2.24) is 15.3 Å². The molecule has 1 saturated carbocycles. The molecule has 1 unspecified atom stereocenters. The van der Waals surface area contributed by atoms with Gasteiger partial charge in [-0.2, -0.15) is 0 Å². The van der Waals surface area contributed by atoms with E-state index in [4.69, 9.17) is 4.74 Å². The summed E-state index contributed by atoms with van der Waals surface area (Å²) in [6, 6.07) is 10.3. The lowest BCUT2D eigenvalue weighted by Gasteiger charge is -2.33. The minimum atomic E-state index is -2.97. The maximum absolute atomic E-state index is 15.3. The average molecular weight is 540 g/mol. The van der Waals surface area contributed by atoms with E-state index in [-0.39, 0.29) is 36.3 Å². The molecule has 204 valence electrons. The number of carboxylic acid groups (broad SMARTS) is 1. The summed E-state index contributed by atoms with van der Waals surface area (Å²) in [5, 5.41) is 12.0. The number of aromatic amines is 1. The van der Waals surface area contributed by atoms with Crippen LogP contribution >= 0.6 is 0 Å². The molecule has 2 aromatic carbocycles. The van der Waals surface area contributed by atoms with Gasteiger partial charge in [0.2, 0.25) is 12.3 Å². The highest BCUT2D eigenvalue weighted by Gasteiger charge is 2.40. The summed E-state index contributed by atoms with van der Waals surface area (Å²) >= 11 is 0. The minimum absolute atomic E-state index is 0.0407. The summed E-state index contributed by atoms with van der Waals surface area (Å²) in [5.74, 6) is -7.74. The highest BCUT2D eigenvalue weighted by atomic mass is 19.3. The fourth-order valence-electron chi connectivity index (χ4n) is 4.73. The van der Waals surface area contributed by atoms with Crippen LogP contribution in [0.4, 0.5) is 26.7 Å². The third-order valence-electron chi connectivity index (χ3n) is 6.74. The third kappa shape index (κ3) is 6.40. The van der Waals surface area contributed by atoms with Gasteiger partial charge in [-0.1, -0.05) is 36.4 Å². The van der Waals surface area contributed by atoms with E-state index in [0.29, 0.717) is 0 Å². The molecule has 7 nitrogen and oxygen atoms in total. The predicted molar refractivity (Wildman–Crippen MR) is 126 cm³/mol. The number of aliphatic carboxylic acids is 1. The van der Waals surface area contributed by atoms with Gasteiger partial charge in [0, 0.05) is 24.8 Å². The zero-order valence-electron chi connectivity index (χ0n) is 20.1. The van der Waals surface area contributed by atoms with E-state index >= 15 is 4.39 Å². The normalized spacial score (nSPS) is 17.3. The number of fused-ring (bicyclic) bond motifs is 1. The Labute approximate surface area is 214 Å². The molecule has 1 fully saturated rings. The first-order chi connectivity index (χ1) is 18.0. The molecule has 0 spiro atoms. The molecule has 1 amide bonds. The fourth-order valence-corrected chi connectivity index (χ4v) is 4.73. The SMILES string of the molecule is O=C(N[C@H](c1nc2c(F)c(C(CC(F)F)C(=O)O)ccc2[nH]1)C1CCC(F)(F)CC1)OCc1ccccc1. The number of rotatable bonds is 9. The van der Waals surface area contributed by atoms with Gasteiger partial charge in [-0.05, 0) is 30.4 Å². The second-order valence-corrected chi connectivity index (χ2v) is 9.38. The first-order valence-corrected chi connectivity index (χ1v) is 12.1. The van der Waals surface area contributed by atoms with Crippen molar-refractivity contribution in [3.63, 3.8) is 0 Å². The standard InChI is InChI=1S/C26H26F5N3O4/c27-19(28)12-17(24(35)36)16-6-7-18-22(20(16)29)33-23(32-18)21(15-8-10-26(30,31)11-9-15)34-25(37)38-13-14-4-2-1-3-5-14/h1-7,15,17,19,21H,8-13H2,(H,32,33)(H,34,37)(H,35,36)/t17?,21-/m0/s1. The van der Waals surface area contributed by atoms with Gasteiger partial charge in [-0.3, -0.25) is 4.79 Å². The number of carboxylic acids is 1. The molecular formula is C26H26F5N3O4. The van der Waals surface area contributed by atoms with Crippen LogP contribution in [0.15, 0.2) is 42.5 Å². The molecule has 0 saturated heterocycles. The zero-order valence-corrected chi connectivity index (χ0v) is 20.1. The molecule has 3 aromatic rings. The summed E-state index contributed by atoms with van der Waals surface area (Å²) in [4.78, 5) is 31.2. The van der Waals surface area contributed by atoms with Crippen LogP contribution in [0.3, 0.4) is 0 Å². The van der Waals surface area contributed by atoms with E-state index in [0.717, 1.165) is 11.6 Å². The molecule has 3 N–H and O–H groups in total. The van der Waals surface area contributed by atoms with Gasteiger partial charge in [-0.15, -0.1) is 0 Å². The van der Waals surface area contributed by atoms with E-state index in [1.807, 2.05) is 0 Å². The van der Waals surface area contributed by atoms with Crippen LogP contribution in [0.5, 0.6) is 0 Å². The Bertz CT molecular complexity index is 1270. The molecule has 1 aliphatic rings. The van der Waals surface area contributed by atoms with Gasteiger partial charge in [0.25, 0.3) is 0 Å². The van der Waals surface area contributed by atoms with Crippen molar-refractivity contribution in [2.24, 2.45) is 5.92 Å². The number of nitrogens with one attached hydrogen (secondary N) is 2. The molecule has 0 aliphatic heterocycles. The molecule has 4 rings (SSSR count). The van der Waals surface area contributed by atoms with Crippen LogP contribution in [0.2, 0.25) is 0 Å². The lowest BCUT2D eigenvalue weighted by atomic mass is 9.82. The number of imidazole rings is 1. The number of hydrogen-bond acceptors (Lipinski definition) is 4. The topological polar surface area (TPSA) is 104 Å². The van der Waals surface area contributed by atoms with Gasteiger partial charge < -0.3 is 20.1 Å². The predicted octanol–water partition coefficient (Wildman–Crippen LogP) is 6.32. The fraction of sp³-hybridized carbons (Fsp3) is 0.423. The maximum atomic E-state index is 15.3. The summed E-state index contributed by atoms with van der Waals surface area (Å²) in [6.45, 7) is -0.0407. The second kappa shape index (κ2) is 11.4. The first-order valence-electron chi connectivity index (χ1n) is 12.1. The summed E-state index contributed by atoms with van der Waals surface area (Å²) < 4.78 is 74.1. The van der Waals surface area contributed by atoms with Crippen molar-refractivity contribution in [1.29, 1.82) is 0 Å². The van der Waals surface area contributed by atoms with Gasteiger partial charge >= 0.3 is 12.1 Å². The molecule has 1 aromatic heterocycles. The Hall–Kier alpha value is -3.70. The van der Waals surface area contributed by atoms with Crippen LogP contribution in [0.25, 0.3) is 11.0 Å². The number of benzene rings is 2. The number of H-pyrrole nitrogens is 1. The summed E-state index contributed by atoms with van der Waals surface area (Å²) in [6.07, 6.45) is -5.58. The Morgan fingerprint density at radius 3 is 2.45 bits per heavy atom. The van der Waals surface area contributed by atoms with Crippen LogP contribution in [-0.4, -0.2) is 39.5 Å². The molecule has 0 radical (unpaired) electrons. The van der Waals surface area contributed by atoms with Crippen molar-refractivity contribution in [2.75, 3.05) is 0 Å². The summed E-state index contributed by atoms with van der Waals surface area (Å²) in [5.41, 5.74) is 0.107. The number of halogens is 5. The van der Waals surface area contributed by atoms with Crippen molar-refractivity contribution in [3.8, 4) is 0 Å². The van der Waals surface area contributed by atoms with Gasteiger partial charge in [0.05, 0.1) is 17.5 Å². The molecule has 38 heavy (non-hydrogen) atoms. The van der Waals surface area contributed by atoms with Crippen LogP contribution in [0, 0.1) is 11.7 Å². The smallest absolute Gasteiger partial charge is 0.408 e. The van der Waals surface area contributed by atoms with Gasteiger partial charge in [0.15, 0.2) is 5.82 Å². The number of carbonyl (C=O) groups excluding carboxylic acids is 1. The zero-order chi connectivity index (χ0) is 27.4. The second-order valence-electron chi connectivity index (χ2n) is 9.38. The number of hydrogen-bond donors (Lipinski definition) is 3. The van der Waals surface area contributed by atoms with Gasteiger partial charge in [0.1, 0.15) is 17.9 Å². The Morgan fingerprint density at radius 1 is 1.13 bits per heavy atom. The number of aromatic nitrogens is 2. The highest BCUT2D eigenvalue weighted by Crippen LogP contribution is 2.41. The van der Waals surface area contributed by atoms with Crippen LogP contribution in [0.1, 0.15) is 61.0 Å². The third-order valence-corrected chi connectivity index (χ3v) is 6.74. The number of alkyl carbamates (subject to hydrolysis) is 1. The van der Waals surface area contributed by atoms with E-state index in [1.165, 1.54) is 6.07 Å². The average Bonchev–Trinajstić information content (AvgIpc) is 3.31. The molecule has 1 aliphatic carbocycles. The minimum Gasteiger partial charge on any atom is -0.481 e. The number of carbonyl (C=O) groups is 2. The van der Waals surface area contributed by atoms with Crippen LogP contribution in [-0.2, 0) is 16.1 Å². The monoisotopic (exact) mass is 539 g/mol. The largest absolute Gasteiger partial charge is 0.481 e. The lowest BCUT2D eigenvalue weighted by Crippen LogP contribution is -2.38. The van der Waals surface area contributed by atoms with Crippen molar-refractivity contribution >= 4 is 23.1 Å². The number of amides is 1. The first kappa shape index (κ1) is 27.3. The number of nitrogens with zero attached hydrogens (tertiary/aromatic N) is 1. The van der Waals surface area contributed by atoms with E-state index in [1.54, 1.807) is 30.3 Å². The Balaban J connectivity index is 1.62. The van der Waals surface area contributed by atoms with Crippen LogP contribution < -0.4 is 5.32 Å². The molecule has 1 heterocycles. The number of alkyl halides is 4. The highest BCUT2D eigenvalue weighted by molar-refractivity contribution is 5.82. The lowest BCUT2D eigenvalue weighted by molar-refractivity contribution is -0.140. The Morgan fingerprint density at radius 2 is 1.82 bits per heavy atom. The molecule has 0 bridgehead atoms.